The minimum Gasteiger partial charge on any atom is -0.483 e. The zero-order chi connectivity index (χ0) is 16.0. The smallest absolute Gasteiger partial charge is 0.326 e. The highest BCUT2D eigenvalue weighted by atomic mass is 35.5. The first-order valence-corrected chi connectivity index (χ1v) is 6.64. The zero-order valence-corrected chi connectivity index (χ0v) is 12.7. The van der Waals surface area contributed by atoms with Crippen LogP contribution in [-0.2, 0) is 9.53 Å². The van der Waals surface area contributed by atoms with Crippen LogP contribution in [0.1, 0.15) is 13.8 Å². The molecule has 0 bridgehead atoms. The van der Waals surface area contributed by atoms with Gasteiger partial charge in [-0.05, 0) is 6.07 Å². The van der Waals surface area contributed by atoms with E-state index in [0.29, 0.717) is 0 Å². The molecule has 0 fully saturated rings. The monoisotopic (exact) mass is 316 g/mol. The highest BCUT2D eigenvalue weighted by Crippen LogP contribution is 2.34. The van der Waals surface area contributed by atoms with Crippen LogP contribution in [0.3, 0.4) is 0 Å². The summed E-state index contributed by atoms with van der Waals surface area (Å²) in [6.07, 6.45) is 0. The normalized spacial score (nSPS) is 12.0. The lowest BCUT2D eigenvalue weighted by molar-refractivity contribution is -0.385. The number of nitro benzene ring substituents is 1. The molecule has 116 valence electrons. The van der Waals surface area contributed by atoms with Crippen molar-refractivity contribution in [2.75, 3.05) is 13.7 Å². The summed E-state index contributed by atoms with van der Waals surface area (Å²) in [6.45, 7) is 3.58. The second kappa shape index (κ2) is 7.80. The second-order valence-electron chi connectivity index (χ2n) is 4.55. The Bertz CT molecular complexity index is 521. The fourth-order valence-electron chi connectivity index (χ4n) is 1.68. The molecule has 1 unspecified atom stereocenters. The first-order chi connectivity index (χ1) is 9.86. The second-order valence-corrected chi connectivity index (χ2v) is 4.96. The van der Waals surface area contributed by atoms with E-state index in [2.05, 4.69) is 10.1 Å². The topological polar surface area (TPSA) is 90.7 Å². The van der Waals surface area contributed by atoms with Crippen LogP contribution in [0.5, 0.6) is 5.75 Å². The number of carbonyl (C=O) groups excluding carboxylic acids is 1. The number of nitrogens with zero attached hydrogens (tertiary/aromatic N) is 1. The largest absolute Gasteiger partial charge is 0.483 e. The maximum absolute atomic E-state index is 11.6. The number of hydrogen-bond acceptors (Lipinski definition) is 6. The summed E-state index contributed by atoms with van der Waals surface area (Å²) in [5, 5.41) is 14.0. The van der Waals surface area contributed by atoms with Crippen molar-refractivity contribution < 1.29 is 19.2 Å². The minimum atomic E-state index is -0.745. The van der Waals surface area contributed by atoms with Crippen molar-refractivity contribution in [3.05, 3.63) is 33.3 Å². The number of rotatable bonds is 7. The molecule has 1 aromatic rings. The Morgan fingerprint density at radius 1 is 1.48 bits per heavy atom. The molecule has 21 heavy (non-hydrogen) atoms. The molecule has 0 radical (unpaired) electrons. The van der Waals surface area contributed by atoms with Crippen molar-refractivity contribution in [3.63, 3.8) is 0 Å². The van der Waals surface area contributed by atoms with E-state index in [-0.39, 0.29) is 29.1 Å². The fourth-order valence-corrected chi connectivity index (χ4v) is 1.90. The quantitative estimate of drug-likeness (QED) is 0.471. The van der Waals surface area contributed by atoms with Gasteiger partial charge in [-0.15, -0.1) is 0 Å². The molecule has 0 amide bonds. The van der Waals surface area contributed by atoms with E-state index in [1.165, 1.54) is 25.3 Å². The number of nitrogens with one attached hydrogen (secondary N) is 1. The van der Waals surface area contributed by atoms with E-state index in [4.69, 9.17) is 16.3 Å². The molecule has 7 nitrogen and oxygen atoms in total. The summed E-state index contributed by atoms with van der Waals surface area (Å²) in [4.78, 5) is 22.0. The van der Waals surface area contributed by atoms with E-state index in [1.54, 1.807) is 0 Å². The summed E-state index contributed by atoms with van der Waals surface area (Å²) < 4.78 is 10.0. The van der Waals surface area contributed by atoms with Gasteiger partial charge in [0.25, 0.3) is 0 Å². The number of ether oxygens (including phenoxy) is 2. The third-order valence-corrected chi connectivity index (χ3v) is 2.86. The van der Waals surface area contributed by atoms with Crippen molar-refractivity contribution in [1.29, 1.82) is 0 Å². The van der Waals surface area contributed by atoms with Crippen LogP contribution in [0.15, 0.2) is 18.2 Å². The maximum Gasteiger partial charge on any atom is 0.326 e. The third kappa shape index (κ3) is 4.87. The molecule has 0 aliphatic carbocycles. The number of nitro groups is 1. The van der Waals surface area contributed by atoms with Crippen LogP contribution in [0.4, 0.5) is 5.69 Å². The Hall–Kier alpha value is -1.86. The highest BCUT2D eigenvalue weighted by molar-refractivity contribution is 6.32. The molecular formula is C13H17ClN2O5. The van der Waals surface area contributed by atoms with Gasteiger partial charge in [0.15, 0.2) is 0 Å². The number of carbonyl (C=O) groups is 1. The third-order valence-electron chi connectivity index (χ3n) is 2.56. The van der Waals surface area contributed by atoms with Crippen LogP contribution in [0.2, 0.25) is 5.02 Å². The van der Waals surface area contributed by atoms with Crippen molar-refractivity contribution in [3.8, 4) is 5.75 Å². The lowest BCUT2D eigenvalue weighted by Crippen LogP contribution is -2.45. The average Bonchev–Trinajstić information content (AvgIpc) is 2.42. The molecule has 0 aliphatic rings. The molecule has 1 rings (SSSR count). The predicted octanol–water partition coefficient (Wildman–Crippen LogP) is 2.17. The van der Waals surface area contributed by atoms with Crippen molar-refractivity contribution in [2.45, 2.75) is 25.9 Å². The van der Waals surface area contributed by atoms with Crippen LogP contribution in [-0.4, -0.2) is 36.7 Å². The highest BCUT2D eigenvalue weighted by Gasteiger charge is 2.24. The number of esters is 1. The summed E-state index contributed by atoms with van der Waals surface area (Å²) in [5.41, 5.74) is -0.254. The van der Waals surface area contributed by atoms with Gasteiger partial charge in [0, 0.05) is 12.1 Å². The van der Waals surface area contributed by atoms with Gasteiger partial charge in [0.05, 0.1) is 17.1 Å². The van der Waals surface area contributed by atoms with Gasteiger partial charge in [-0.2, -0.15) is 0 Å². The van der Waals surface area contributed by atoms with E-state index in [0.717, 1.165) is 0 Å². The standard InChI is InChI=1S/C13H17ClN2O5/c1-8(2)15-10(13(17)20-3)7-21-12-9(14)5-4-6-11(12)16(18)19/h4-6,8,10,15H,7H2,1-3H3. The molecule has 8 heteroatoms. The molecule has 1 aromatic carbocycles. The van der Waals surface area contributed by atoms with Crippen molar-refractivity contribution >= 4 is 23.3 Å². The zero-order valence-electron chi connectivity index (χ0n) is 12.0. The van der Waals surface area contributed by atoms with Gasteiger partial charge in [0.2, 0.25) is 5.75 Å². The summed E-state index contributed by atoms with van der Waals surface area (Å²) in [7, 11) is 1.26. The molecule has 0 saturated carbocycles. The number of benzene rings is 1. The van der Waals surface area contributed by atoms with Gasteiger partial charge in [0.1, 0.15) is 12.6 Å². The van der Waals surface area contributed by atoms with Crippen molar-refractivity contribution in [2.24, 2.45) is 0 Å². The Morgan fingerprint density at radius 2 is 2.14 bits per heavy atom. The summed E-state index contributed by atoms with van der Waals surface area (Å²) >= 11 is 5.91. The lowest BCUT2D eigenvalue weighted by atomic mass is 10.2. The number of methoxy groups -OCH3 is 1. The molecule has 1 atom stereocenters. The summed E-state index contributed by atoms with van der Waals surface area (Å²) in [6, 6.07) is 3.49. The SMILES string of the molecule is COC(=O)C(COc1c(Cl)cccc1[N+](=O)[O-])NC(C)C. The Kier molecular flexibility index (Phi) is 6.39. The van der Waals surface area contributed by atoms with Gasteiger partial charge in [-0.25, -0.2) is 0 Å². The molecule has 0 spiro atoms. The first kappa shape index (κ1) is 17.2. The van der Waals surface area contributed by atoms with Crippen LogP contribution in [0, 0.1) is 10.1 Å². The van der Waals surface area contributed by atoms with E-state index < -0.39 is 16.9 Å². The molecular weight excluding hydrogens is 300 g/mol. The van der Waals surface area contributed by atoms with E-state index >= 15 is 0 Å². The first-order valence-electron chi connectivity index (χ1n) is 6.26. The minimum absolute atomic E-state index is 0.0129. The van der Waals surface area contributed by atoms with Crippen LogP contribution in [0.25, 0.3) is 0 Å². The van der Waals surface area contributed by atoms with Crippen LogP contribution < -0.4 is 10.1 Å². The maximum atomic E-state index is 11.6. The van der Waals surface area contributed by atoms with Gasteiger partial charge >= 0.3 is 11.7 Å². The predicted molar refractivity (Wildman–Crippen MR) is 77.7 cm³/mol. The Morgan fingerprint density at radius 3 is 2.67 bits per heavy atom. The number of hydrogen-bond donors (Lipinski definition) is 1. The number of para-hydroxylation sites is 1. The lowest BCUT2D eigenvalue weighted by Gasteiger charge is -2.19. The van der Waals surface area contributed by atoms with E-state index in [1.807, 2.05) is 13.8 Å². The van der Waals surface area contributed by atoms with Gasteiger partial charge in [-0.1, -0.05) is 31.5 Å². The van der Waals surface area contributed by atoms with Crippen LogP contribution >= 0.6 is 11.6 Å². The average molecular weight is 317 g/mol. The molecule has 0 heterocycles. The Balaban J connectivity index is 2.89. The molecule has 0 aliphatic heterocycles. The molecule has 1 N–H and O–H groups in total. The van der Waals surface area contributed by atoms with Gasteiger partial charge in [-0.3, -0.25) is 20.2 Å². The fraction of sp³-hybridized carbons (Fsp3) is 0.462. The number of halogens is 1. The molecule has 0 saturated heterocycles. The molecule has 0 aromatic heterocycles. The van der Waals surface area contributed by atoms with E-state index in [9.17, 15) is 14.9 Å². The Labute approximate surface area is 127 Å². The summed E-state index contributed by atoms with van der Waals surface area (Å²) in [5.74, 6) is -0.581. The van der Waals surface area contributed by atoms with Gasteiger partial charge < -0.3 is 9.47 Å². The van der Waals surface area contributed by atoms with Crippen molar-refractivity contribution in [1.82, 2.24) is 5.32 Å².